The van der Waals surface area contributed by atoms with Gasteiger partial charge >= 0.3 is 0 Å². The van der Waals surface area contributed by atoms with Gasteiger partial charge < -0.3 is 0 Å². The first-order valence-corrected chi connectivity index (χ1v) is 6.15. The Bertz CT molecular complexity index is 161. The van der Waals surface area contributed by atoms with Crippen LogP contribution in [0.2, 0.25) is 0 Å². The van der Waals surface area contributed by atoms with Crippen LogP contribution in [0, 0.1) is 0 Å². The molecule has 0 aromatic rings. The summed E-state index contributed by atoms with van der Waals surface area (Å²) in [7, 11) is 2.04. The predicted molar refractivity (Wildman–Crippen MR) is 60.4 cm³/mol. The van der Waals surface area contributed by atoms with Crippen molar-refractivity contribution in [2.24, 2.45) is 0 Å². The van der Waals surface area contributed by atoms with Crippen molar-refractivity contribution in [1.82, 2.24) is 4.90 Å². The van der Waals surface area contributed by atoms with Gasteiger partial charge in [-0.15, -0.1) is 0 Å². The molecule has 0 N–H and O–H groups in total. The summed E-state index contributed by atoms with van der Waals surface area (Å²) in [6.07, 6.45) is 3.21. The number of nitrogens with zero attached hydrogens (tertiary/aromatic N) is 1. The molecule has 0 saturated carbocycles. The molecule has 78 valence electrons. The number of carbonyl (C=O) groups excluding carboxylic acids is 1. The first-order valence-electron chi connectivity index (χ1n) is 4.75. The molecule has 2 nitrogen and oxygen atoms in total. The third-order valence-electron chi connectivity index (χ3n) is 2.61. The number of likely N-dealkylation sites (N-methyl/N-ethyl adjacent to an activating group) is 1. The Morgan fingerprint density at radius 1 is 1.54 bits per heavy atom. The average molecular weight is 203 g/mol. The van der Waals surface area contributed by atoms with Crippen LogP contribution in [0.5, 0.6) is 0 Å². The zero-order chi connectivity index (χ0) is 10.4. The highest BCUT2D eigenvalue weighted by molar-refractivity contribution is 7.98. The van der Waals surface area contributed by atoms with Crippen LogP contribution in [-0.2, 0) is 4.79 Å². The Hall–Kier alpha value is -0.0200. The van der Waals surface area contributed by atoms with Crippen LogP contribution in [0.3, 0.4) is 0 Å². The molecule has 0 radical (unpaired) electrons. The van der Waals surface area contributed by atoms with Crippen LogP contribution < -0.4 is 0 Å². The molecule has 0 amide bonds. The molecule has 0 aromatic heterocycles. The minimum absolute atomic E-state index is 0.0529. The van der Waals surface area contributed by atoms with Gasteiger partial charge in [-0.1, -0.05) is 6.92 Å². The maximum absolute atomic E-state index is 11.2. The lowest BCUT2D eigenvalue weighted by molar-refractivity contribution is -0.121. The third kappa shape index (κ3) is 4.14. The molecule has 0 aliphatic rings. The van der Waals surface area contributed by atoms with Crippen LogP contribution in [-0.4, -0.2) is 41.8 Å². The maximum atomic E-state index is 11.2. The summed E-state index contributed by atoms with van der Waals surface area (Å²) in [6, 6.07) is 0.575. The first kappa shape index (κ1) is 13.0. The summed E-state index contributed by atoms with van der Waals surface area (Å²) < 4.78 is 0. The van der Waals surface area contributed by atoms with Crippen molar-refractivity contribution in [2.45, 2.75) is 39.3 Å². The Balaban J connectivity index is 4.17. The van der Waals surface area contributed by atoms with Gasteiger partial charge in [-0.2, -0.15) is 11.8 Å². The van der Waals surface area contributed by atoms with Crippen molar-refractivity contribution in [3.63, 3.8) is 0 Å². The average Bonchev–Trinajstić information content (AvgIpc) is 2.11. The van der Waals surface area contributed by atoms with Crippen molar-refractivity contribution in [3.05, 3.63) is 0 Å². The van der Waals surface area contributed by atoms with E-state index in [1.807, 2.05) is 25.7 Å². The number of hydrogen-bond acceptors (Lipinski definition) is 3. The number of ketones is 1. The van der Waals surface area contributed by atoms with Gasteiger partial charge in [0.05, 0.1) is 6.04 Å². The van der Waals surface area contributed by atoms with E-state index in [2.05, 4.69) is 18.1 Å². The second-order valence-electron chi connectivity index (χ2n) is 3.47. The quantitative estimate of drug-likeness (QED) is 0.659. The lowest BCUT2D eigenvalue weighted by atomic mass is 10.1. The summed E-state index contributed by atoms with van der Waals surface area (Å²) in [4.78, 5) is 13.3. The lowest BCUT2D eigenvalue weighted by Crippen LogP contribution is -2.43. The summed E-state index contributed by atoms with van der Waals surface area (Å²) >= 11 is 1.84. The van der Waals surface area contributed by atoms with Gasteiger partial charge in [-0.25, -0.2) is 0 Å². The van der Waals surface area contributed by atoms with Crippen LogP contribution >= 0.6 is 11.8 Å². The van der Waals surface area contributed by atoms with Crippen molar-refractivity contribution in [2.75, 3.05) is 19.1 Å². The van der Waals surface area contributed by atoms with Crippen LogP contribution in [0.4, 0.5) is 0 Å². The molecule has 13 heavy (non-hydrogen) atoms. The molecule has 0 saturated heterocycles. The number of carbonyl (C=O) groups is 1. The van der Waals surface area contributed by atoms with Crippen molar-refractivity contribution in [3.8, 4) is 0 Å². The van der Waals surface area contributed by atoms with Gasteiger partial charge in [0.1, 0.15) is 5.78 Å². The van der Waals surface area contributed by atoms with Crippen molar-refractivity contribution in [1.29, 1.82) is 0 Å². The lowest BCUT2D eigenvalue weighted by Gasteiger charge is -2.30. The van der Waals surface area contributed by atoms with Gasteiger partial charge in [0.2, 0.25) is 0 Å². The Morgan fingerprint density at radius 3 is 2.38 bits per heavy atom. The second kappa shape index (κ2) is 6.44. The monoisotopic (exact) mass is 203 g/mol. The Labute approximate surface area is 86.1 Å². The minimum atomic E-state index is 0.0529. The van der Waals surface area contributed by atoms with E-state index in [-0.39, 0.29) is 11.8 Å². The molecular formula is C10H21NOS. The summed E-state index contributed by atoms with van der Waals surface area (Å²) in [5, 5.41) is 0. The van der Waals surface area contributed by atoms with E-state index >= 15 is 0 Å². The SMILES string of the molecule is CCC(CSC)N(C)C(C)C(C)=O. The molecule has 2 atom stereocenters. The first-order chi connectivity index (χ1) is 6.04. The fourth-order valence-corrected chi connectivity index (χ4v) is 2.17. The maximum Gasteiger partial charge on any atom is 0.146 e. The van der Waals surface area contributed by atoms with E-state index in [1.54, 1.807) is 6.92 Å². The molecule has 3 heteroatoms. The largest absolute Gasteiger partial charge is 0.298 e. The third-order valence-corrected chi connectivity index (χ3v) is 3.32. The molecule has 0 heterocycles. The smallest absolute Gasteiger partial charge is 0.146 e. The van der Waals surface area contributed by atoms with Crippen LogP contribution in [0.1, 0.15) is 27.2 Å². The second-order valence-corrected chi connectivity index (χ2v) is 4.38. The molecule has 0 fully saturated rings. The highest BCUT2D eigenvalue weighted by atomic mass is 32.2. The molecule has 0 aliphatic carbocycles. The Morgan fingerprint density at radius 2 is 2.08 bits per heavy atom. The van der Waals surface area contributed by atoms with Gasteiger partial charge in [-0.05, 0) is 33.6 Å². The summed E-state index contributed by atoms with van der Waals surface area (Å²) in [6.45, 7) is 5.81. The fraction of sp³-hybridized carbons (Fsp3) is 0.900. The van der Waals surface area contributed by atoms with E-state index in [1.165, 1.54) is 0 Å². The topological polar surface area (TPSA) is 20.3 Å². The molecule has 0 spiro atoms. The van der Waals surface area contributed by atoms with E-state index in [9.17, 15) is 4.79 Å². The molecule has 2 unspecified atom stereocenters. The number of hydrogen-bond donors (Lipinski definition) is 0. The van der Waals surface area contributed by atoms with Gasteiger partial charge in [0, 0.05) is 11.8 Å². The minimum Gasteiger partial charge on any atom is -0.298 e. The standard InChI is InChI=1S/C10H21NOS/c1-6-10(7-13-5)11(4)8(2)9(3)12/h8,10H,6-7H2,1-5H3. The van der Waals surface area contributed by atoms with E-state index in [0.717, 1.165) is 12.2 Å². The molecule has 0 aromatic carbocycles. The molecule has 0 bridgehead atoms. The molecule has 0 rings (SSSR count). The van der Waals surface area contributed by atoms with Gasteiger partial charge in [-0.3, -0.25) is 9.69 Å². The predicted octanol–water partition coefficient (Wildman–Crippen LogP) is 2.04. The Kier molecular flexibility index (Phi) is 6.43. The normalized spacial score (nSPS) is 15.8. The van der Waals surface area contributed by atoms with E-state index < -0.39 is 0 Å². The fourth-order valence-electron chi connectivity index (χ4n) is 1.32. The van der Waals surface area contributed by atoms with E-state index in [0.29, 0.717) is 6.04 Å². The summed E-state index contributed by atoms with van der Waals surface area (Å²) in [5.74, 6) is 1.35. The zero-order valence-electron chi connectivity index (χ0n) is 9.33. The van der Waals surface area contributed by atoms with E-state index in [4.69, 9.17) is 0 Å². The highest BCUT2D eigenvalue weighted by Gasteiger charge is 2.20. The van der Waals surface area contributed by atoms with Gasteiger partial charge in [0.25, 0.3) is 0 Å². The van der Waals surface area contributed by atoms with Gasteiger partial charge in [0.15, 0.2) is 0 Å². The summed E-state index contributed by atoms with van der Waals surface area (Å²) in [5.41, 5.74) is 0. The van der Waals surface area contributed by atoms with Crippen LogP contribution in [0.15, 0.2) is 0 Å². The van der Waals surface area contributed by atoms with Crippen molar-refractivity contribution < 1.29 is 4.79 Å². The van der Waals surface area contributed by atoms with Crippen molar-refractivity contribution >= 4 is 17.5 Å². The highest BCUT2D eigenvalue weighted by Crippen LogP contribution is 2.11. The zero-order valence-corrected chi connectivity index (χ0v) is 10.1. The van der Waals surface area contributed by atoms with Crippen LogP contribution in [0.25, 0.3) is 0 Å². The molecular weight excluding hydrogens is 182 g/mol. The number of thioether (sulfide) groups is 1. The molecule has 0 aliphatic heterocycles. The number of Topliss-reactive ketones (excluding diaryl/α,β-unsaturated/α-hetero) is 1. The number of rotatable bonds is 6.